The first-order valence-corrected chi connectivity index (χ1v) is 10.6. The van der Waals surface area contributed by atoms with Gasteiger partial charge in [-0.25, -0.2) is 4.98 Å². The molecular formula is C23H26F3N5O. The Morgan fingerprint density at radius 3 is 2.41 bits per heavy atom. The molecule has 1 aliphatic carbocycles. The van der Waals surface area contributed by atoms with Gasteiger partial charge in [-0.15, -0.1) is 0 Å². The maximum Gasteiger partial charge on any atom is 0.434 e. The first-order chi connectivity index (χ1) is 15.3. The second-order valence-electron chi connectivity index (χ2n) is 8.15. The summed E-state index contributed by atoms with van der Waals surface area (Å²) in [4.78, 5) is 18.3. The van der Waals surface area contributed by atoms with Crippen molar-refractivity contribution < 1.29 is 18.0 Å². The largest absolute Gasteiger partial charge is 0.434 e. The van der Waals surface area contributed by atoms with Crippen LogP contribution >= 0.6 is 0 Å². The van der Waals surface area contributed by atoms with E-state index in [-0.39, 0.29) is 23.6 Å². The van der Waals surface area contributed by atoms with Gasteiger partial charge in [-0.05, 0) is 62.1 Å². The number of carbonyl (C=O) groups is 1. The summed E-state index contributed by atoms with van der Waals surface area (Å²) in [6.45, 7) is 0. The maximum atomic E-state index is 13.1. The fraction of sp³-hybridized carbons (Fsp3) is 0.391. The minimum Gasteiger partial charge on any atom is -0.388 e. The minimum atomic E-state index is -4.48. The van der Waals surface area contributed by atoms with Crippen molar-refractivity contribution in [2.75, 3.05) is 24.3 Å². The number of hydrogen-bond donors (Lipinski definition) is 2. The fourth-order valence-electron chi connectivity index (χ4n) is 4.27. The van der Waals surface area contributed by atoms with Crippen LogP contribution in [0.15, 0.2) is 48.7 Å². The summed E-state index contributed by atoms with van der Waals surface area (Å²) in [5, 5.41) is 6.13. The second kappa shape index (κ2) is 8.72. The molecule has 9 heteroatoms. The molecule has 1 aliphatic rings. The smallest absolute Gasteiger partial charge is 0.388 e. The summed E-state index contributed by atoms with van der Waals surface area (Å²) in [6.07, 6.45) is -0.154. The molecule has 1 amide bonds. The number of hydrogen-bond acceptors (Lipinski definition) is 4. The van der Waals surface area contributed by atoms with Crippen molar-refractivity contribution in [2.24, 2.45) is 0 Å². The average molecular weight is 445 g/mol. The van der Waals surface area contributed by atoms with E-state index in [1.807, 2.05) is 31.1 Å². The highest BCUT2D eigenvalue weighted by Gasteiger charge is 2.34. The van der Waals surface area contributed by atoms with Gasteiger partial charge in [0.25, 0.3) is 5.91 Å². The van der Waals surface area contributed by atoms with Gasteiger partial charge >= 0.3 is 6.18 Å². The van der Waals surface area contributed by atoms with E-state index in [1.165, 1.54) is 4.40 Å². The summed E-state index contributed by atoms with van der Waals surface area (Å²) < 4.78 is 40.8. The van der Waals surface area contributed by atoms with Crippen LogP contribution < -0.4 is 15.5 Å². The third-order valence-corrected chi connectivity index (χ3v) is 6.14. The van der Waals surface area contributed by atoms with E-state index in [0.717, 1.165) is 37.6 Å². The number of benzene rings is 1. The van der Waals surface area contributed by atoms with Gasteiger partial charge in [-0.1, -0.05) is 6.07 Å². The molecule has 1 fully saturated rings. The van der Waals surface area contributed by atoms with Crippen molar-refractivity contribution in [3.63, 3.8) is 0 Å². The minimum absolute atomic E-state index is 0.0806. The number of nitrogens with one attached hydrogen (secondary N) is 2. The molecule has 2 N–H and O–H groups in total. The molecule has 0 saturated heterocycles. The molecule has 170 valence electrons. The van der Waals surface area contributed by atoms with Crippen LogP contribution in [0, 0.1) is 0 Å². The molecule has 2 aromatic heterocycles. The summed E-state index contributed by atoms with van der Waals surface area (Å²) in [7, 11) is 3.72. The molecule has 2 heterocycles. The lowest BCUT2D eigenvalue weighted by molar-refractivity contribution is -0.140. The lowest BCUT2D eigenvalue weighted by Crippen LogP contribution is -2.43. The monoisotopic (exact) mass is 445 g/mol. The first kappa shape index (κ1) is 22.0. The molecule has 0 spiro atoms. The molecule has 1 aromatic carbocycles. The SMILES string of the molecule is CNc1ccc(C(=O)N[C@H]2CC[C@@H](N(C)c3cccc4nc(C(F)(F)F)cn34)CC2)cc1. The number of fused-ring (bicyclic) bond motifs is 1. The number of carbonyl (C=O) groups excluding carboxylic acids is 1. The van der Waals surface area contributed by atoms with Crippen molar-refractivity contribution in [3.8, 4) is 0 Å². The van der Waals surface area contributed by atoms with Crippen LogP contribution in [0.4, 0.5) is 24.7 Å². The molecule has 0 radical (unpaired) electrons. The van der Waals surface area contributed by atoms with Crippen LogP contribution in [-0.2, 0) is 6.18 Å². The Morgan fingerprint density at radius 1 is 1.09 bits per heavy atom. The van der Waals surface area contributed by atoms with Crippen LogP contribution in [0.1, 0.15) is 41.7 Å². The number of alkyl halides is 3. The van der Waals surface area contributed by atoms with Gasteiger partial charge in [0, 0.05) is 43.6 Å². The van der Waals surface area contributed by atoms with Crippen LogP contribution in [-0.4, -0.2) is 41.5 Å². The zero-order valence-electron chi connectivity index (χ0n) is 18.0. The topological polar surface area (TPSA) is 61.7 Å². The van der Waals surface area contributed by atoms with Gasteiger partial charge in [-0.2, -0.15) is 13.2 Å². The molecule has 0 bridgehead atoms. The lowest BCUT2D eigenvalue weighted by Gasteiger charge is -2.36. The Kier molecular flexibility index (Phi) is 5.99. The zero-order valence-corrected chi connectivity index (χ0v) is 18.0. The van der Waals surface area contributed by atoms with Gasteiger partial charge in [0.1, 0.15) is 11.5 Å². The molecular weight excluding hydrogens is 419 g/mol. The van der Waals surface area contributed by atoms with Crippen LogP contribution in [0.25, 0.3) is 5.65 Å². The molecule has 1 saturated carbocycles. The highest BCUT2D eigenvalue weighted by atomic mass is 19.4. The van der Waals surface area contributed by atoms with E-state index in [4.69, 9.17) is 0 Å². The summed E-state index contributed by atoms with van der Waals surface area (Å²) in [6, 6.07) is 12.7. The van der Waals surface area contributed by atoms with E-state index in [9.17, 15) is 18.0 Å². The number of aromatic nitrogens is 2. The van der Waals surface area contributed by atoms with E-state index in [2.05, 4.69) is 15.6 Å². The highest BCUT2D eigenvalue weighted by molar-refractivity contribution is 5.94. The van der Waals surface area contributed by atoms with Gasteiger partial charge in [0.2, 0.25) is 0 Å². The van der Waals surface area contributed by atoms with E-state index in [0.29, 0.717) is 11.4 Å². The first-order valence-electron chi connectivity index (χ1n) is 10.6. The standard InChI is InChI=1S/C23H26F3N5O/c1-27-16-8-6-15(7-9-16)22(32)28-17-10-12-18(13-11-17)30(2)21-5-3-4-20-29-19(14-31(20)21)23(24,25)26/h3-9,14,17-18,27H,10-13H2,1-2H3,(H,28,32)/t17-,18+. The van der Waals surface area contributed by atoms with Crippen LogP contribution in [0.5, 0.6) is 0 Å². The Labute approximate surface area is 184 Å². The Balaban J connectivity index is 1.40. The van der Waals surface area contributed by atoms with Gasteiger partial charge in [0.05, 0.1) is 0 Å². The summed E-state index contributed by atoms with van der Waals surface area (Å²) >= 11 is 0. The lowest BCUT2D eigenvalue weighted by atomic mass is 9.90. The zero-order chi connectivity index (χ0) is 22.9. The van der Waals surface area contributed by atoms with E-state index in [1.54, 1.807) is 30.3 Å². The van der Waals surface area contributed by atoms with Crippen LogP contribution in [0.2, 0.25) is 0 Å². The number of rotatable bonds is 5. The quantitative estimate of drug-likeness (QED) is 0.604. The second-order valence-corrected chi connectivity index (χ2v) is 8.15. The van der Waals surface area contributed by atoms with Gasteiger partial charge in [-0.3, -0.25) is 9.20 Å². The van der Waals surface area contributed by atoms with Crippen LogP contribution in [0.3, 0.4) is 0 Å². The van der Waals surface area contributed by atoms with Crippen molar-refractivity contribution in [1.82, 2.24) is 14.7 Å². The van der Waals surface area contributed by atoms with Gasteiger partial charge < -0.3 is 15.5 Å². The molecule has 0 aliphatic heterocycles. The van der Waals surface area contributed by atoms with Gasteiger partial charge in [0.15, 0.2) is 5.69 Å². The van der Waals surface area contributed by atoms with Crippen molar-refractivity contribution in [1.29, 1.82) is 0 Å². The predicted octanol–water partition coefficient (Wildman–Crippen LogP) is 4.57. The Hall–Kier alpha value is -3.23. The van der Waals surface area contributed by atoms with Crippen molar-refractivity contribution in [2.45, 2.75) is 43.9 Å². The average Bonchev–Trinajstić information content (AvgIpc) is 3.24. The molecule has 4 rings (SSSR count). The molecule has 6 nitrogen and oxygen atoms in total. The summed E-state index contributed by atoms with van der Waals surface area (Å²) in [5.41, 5.74) is 0.940. The number of amides is 1. The molecule has 32 heavy (non-hydrogen) atoms. The number of nitrogens with zero attached hydrogens (tertiary/aromatic N) is 3. The molecule has 0 atom stereocenters. The third kappa shape index (κ3) is 4.51. The normalized spacial score (nSPS) is 19.0. The van der Waals surface area contributed by atoms with E-state index >= 15 is 0 Å². The number of imidazole rings is 1. The molecule has 3 aromatic rings. The Bertz CT molecular complexity index is 1090. The number of pyridine rings is 1. The number of halogens is 3. The van der Waals surface area contributed by atoms with Crippen molar-refractivity contribution >= 4 is 23.1 Å². The predicted molar refractivity (Wildman–Crippen MR) is 118 cm³/mol. The van der Waals surface area contributed by atoms with E-state index < -0.39 is 11.9 Å². The highest BCUT2D eigenvalue weighted by Crippen LogP contribution is 2.31. The summed E-state index contributed by atoms with van der Waals surface area (Å²) in [5.74, 6) is 0.579. The number of anilines is 2. The third-order valence-electron chi connectivity index (χ3n) is 6.14. The maximum absolute atomic E-state index is 13.1. The van der Waals surface area contributed by atoms with Crippen molar-refractivity contribution in [3.05, 3.63) is 59.9 Å². The fourth-order valence-corrected chi connectivity index (χ4v) is 4.27. The molecule has 0 unspecified atom stereocenters. The Morgan fingerprint density at radius 2 is 1.78 bits per heavy atom.